The van der Waals surface area contributed by atoms with Crippen molar-refractivity contribution in [3.8, 4) is 28.7 Å². The van der Waals surface area contributed by atoms with Gasteiger partial charge in [-0.25, -0.2) is 0 Å². The van der Waals surface area contributed by atoms with E-state index >= 15 is 0 Å². The number of likely N-dealkylation sites (N-methyl/N-ethyl adjacent to an activating group) is 1. The largest absolute Gasteiger partial charge is 0.497 e. The van der Waals surface area contributed by atoms with Crippen molar-refractivity contribution in [3.63, 3.8) is 0 Å². The highest BCUT2D eigenvalue weighted by atomic mass is 16.5. The van der Waals surface area contributed by atoms with E-state index in [1.165, 1.54) is 21.3 Å². The van der Waals surface area contributed by atoms with Crippen molar-refractivity contribution in [2.75, 3.05) is 47.9 Å². The third-order valence-electron chi connectivity index (χ3n) is 6.58. The summed E-state index contributed by atoms with van der Waals surface area (Å²) in [6, 6.07) is 15.2. The van der Waals surface area contributed by atoms with Crippen molar-refractivity contribution in [3.05, 3.63) is 71.3 Å². The number of hydrogen-bond donors (Lipinski definition) is 1. The van der Waals surface area contributed by atoms with E-state index in [-0.39, 0.29) is 11.8 Å². The zero-order valence-electron chi connectivity index (χ0n) is 21.7. The van der Waals surface area contributed by atoms with E-state index in [0.717, 1.165) is 5.56 Å². The second-order valence-corrected chi connectivity index (χ2v) is 8.46. The summed E-state index contributed by atoms with van der Waals surface area (Å²) in [6.45, 7) is 0. The second-order valence-electron chi connectivity index (χ2n) is 8.46. The molecule has 1 aliphatic heterocycles. The number of rotatable bonds is 8. The van der Waals surface area contributed by atoms with E-state index in [0.29, 0.717) is 45.6 Å². The summed E-state index contributed by atoms with van der Waals surface area (Å²) < 4.78 is 27.0. The van der Waals surface area contributed by atoms with Crippen LogP contribution in [0.3, 0.4) is 0 Å². The van der Waals surface area contributed by atoms with Crippen molar-refractivity contribution >= 4 is 17.5 Å². The molecule has 0 aliphatic carbocycles. The number of methoxy groups -OCH3 is 5. The maximum atomic E-state index is 14.1. The predicted molar refractivity (Wildman–Crippen MR) is 138 cm³/mol. The number of carbonyl (C=O) groups excluding carboxylic acids is 2. The van der Waals surface area contributed by atoms with Crippen LogP contribution in [-0.2, 0) is 4.79 Å². The van der Waals surface area contributed by atoms with Crippen LogP contribution in [-0.4, -0.2) is 59.3 Å². The normalized spacial score (nSPS) is 16.5. The van der Waals surface area contributed by atoms with Crippen LogP contribution in [0.15, 0.2) is 54.6 Å². The van der Waals surface area contributed by atoms with Crippen molar-refractivity contribution in [1.29, 1.82) is 0 Å². The lowest BCUT2D eigenvalue weighted by molar-refractivity contribution is -0.119. The minimum absolute atomic E-state index is 0.236. The Balaban J connectivity index is 1.88. The molecule has 9 heteroatoms. The van der Waals surface area contributed by atoms with Crippen LogP contribution in [0.25, 0.3) is 0 Å². The highest BCUT2D eigenvalue weighted by Crippen LogP contribution is 2.46. The van der Waals surface area contributed by atoms with Gasteiger partial charge in [-0.05, 0) is 47.5 Å². The molecule has 37 heavy (non-hydrogen) atoms. The van der Waals surface area contributed by atoms with Gasteiger partial charge in [0.05, 0.1) is 53.2 Å². The molecule has 2 atom stereocenters. The number of anilines is 1. The Morgan fingerprint density at radius 1 is 0.757 bits per heavy atom. The van der Waals surface area contributed by atoms with Gasteiger partial charge in [-0.2, -0.15) is 0 Å². The third-order valence-corrected chi connectivity index (χ3v) is 6.58. The van der Waals surface area contributed by atoms with Crippen molar-refractivity contribution < 1.29 is 33.3 Å². The van der Waals surface area contributed by atoms with Crippen LogP contribution in [0, 0.1) is 0 Å². The first kappa shape index (κ1) is 25.7. The number of ether oxygens (including phenoxy) is 5. The Labute approximate surface area is 215 Å². The molecule has 0 bridgehead atoms. The molecule has 0 saturated carbocycles. The van der Waals surface area contributed by atoms with Gasteiger partial charge in [-0.15, -0.1) is 0 Å². The summed E-state index contributed by atoms with van der Waals surface area (Å²) in [5.41, 5.74) is 2.11. The lowest BCUT2D eigenvalue weighted by atomic mass is 9.79. The number of benzene rings is 3. The zero-order valence-corrected chi connectivity index (χ0v) is 21.7. The molecular formula is C28H30N2O7. The minimum Gasteiger partial charge on any atom is -0.497 e. The van der Waals surface area contributed by atoms with E-state index in [1.54, 1.807) is 68.6 Å². The molecule has 0 spiro atoms. The molecule has 0 saturated heterocycles. The Kier molecular flexibility index (Phi) is 7.42. The summed E-state index contributed by atoms with van der Waals surface area (Å²) in [5.74, 6) is 1.17. The molecular weight excluding hydrogens is 476 g/mol. The lowest BCUT2D eigenvalue weighted by Gasteiger charge is -2.40. The van der Waals surface area contributed by atoms with Gasteiger partial charge in [0.1, 0.15) is 17.2 Å². The first-order chi connectivity index (χ1) is 17.9. The molecule has 0 unspecified atom stereocenters. The van der Waals surface area contributed by atoms with Gasteiger partial charge in [0.25, 0.3) is 5.91 Å². The van der Waals surface area contributed by atoms with E-state index in [9.17, 15) is 9.59 Å². The quantitative estimate of drug-likeness (QED) is 0.487. The second kappa shape index (κ2) is 10.7. The van der Waals surface area contributed by atoms with Crippen LogP contribution >= 0.6 is 0 Å². The van der Waals surface area contributed by atoms with E-state index in [4.69, 9.17) is 23.7 Å². The summed E-state index contributed by atoms with van der Waals surface area (Å²) in [4.78, 5) is 29.2. The van der Waals surface area contributed by atoms with Gasteiger partial charge >= 0.3 is 0 Å². The molecule has 194 valence electrons. The fourth-order valence-corrected chi connectivity index (χ4v) is 4.67. The van der Waals surface area contributed by atoms with Crippen LogP contribution in [0.5, 0.6) is 28.7 Å². The Hall–Kier alpha value is -4.40. The van der Waals surface area contributed by atoms with Gasteiger partial charge < -0.3 is 33.9 Å². The Morgan fingerprint density at radius 3 is 1.95 bits per heavy atom. The lowest BCUT2D eigenvalue weighted by Crippen LogP contribution is -2.44. The Morgan fingerprint density at radius 2 is 1.35 bits per heavy atom. The molecule has 2 amide bonds. The molecule has 0 aromatic heterocycles. The van der Waals surface area contributed by atoms with Gasteiger partial charge in [0.15, 0.2) is 11.5 Å². The van der Waals surface area contributed by atoms with E-state index in [2.05, 4.69) is 5.32 Å². The van der Waals surface area contributed by atoms with Gasteiger partial charge in [-0.3, -0.25) is 9.59 Å². The molecule has 1 heterocycles. The van der Waals surface area contributed by atoms with E-state index < -0.39 is 12.0 Å². The average molecular weight is 507 g/mol. The molecule has 9 nitrogen and oxygen atoms in total. The summed E-state index contributed by atoms with van der Waals surface area (Å²) >= 11 is 0. The van der Waals surface area contributed by atoms with Gasteiger partial charge in [0.2, 0.25) is 5.91 Å². The summed E-state index contributed by atoms with van der Waals surface area (Å²) in [6.07, 6.45) is 0. The number of carbonyl (C=O) groups is 2. The monoisotopic (exact) mass is 506 g/mol. The van der Waals surface area contributed by atoms with E-state index in [1.807, 2.05) is 12.1 Å². The summed E-state index contributed by atoms with van der Waals surface area (Å²) in [5, 5.41) is 2.99. The van der Waals surface area contributed by atoms with Gasteiger partial charge in [0, 0.05) is 18.7 Å². The van der Waals surface area contributed by atoms with Crippen LogP contribution in [0.2, 0.25) is 0 Å². The standard InChI is InChI=1S/C28H30N2O7/c1-30-26(16-7-9-17(33-2)10-8-16)25(19-14-23(36-5)24(37-6)15-20(19)28(30)32)27(31)29-21-13-18(34-3)11-12-22(21)35-4/h7-15,25-26H,1-6H3,(H,29,31)/t25-,26-/m0/s1. The average Bonchev–Trinajstić information content (AvgIpc) is 2.93. The predicted octanol–water partition coefficient (Wildman–Crippen LogP) is 4.28. The SMILES string of the molecule is COc1ccc([C@H]2[C@@H](C(=O)Nc3cc(OC)ccc3OC)c3cc(OC)c(OC)cc3C(=O)N2C)cc1. The third kappa shape index (κ3) is 4.72. The number of nitrogens with zero attached hydrogens (tertiary/aromatic N) is 1. The highest BCUT2D eigenvalue weighted by molar-refractivity contribution is 6.05. The minimum atomic E-state index is -0.790. The topological polar surface area (TPSA) is 95.6 Å². The number of amides is 2. The maximum Gasteiger partial charge on any atom is 0.254 e. The molecule has 3 aromatic rings. The number of fused-ring (bicyclic) bond motifs is 1. The fourth-order valence-electron chi connectivity index (χ4n) is 4.67. The van der Waals surface area contributed by atoms with Gasteiger partial charge in [-0.1, -0.05) is 12.1 Å². The molecule has 0 radical (unpaired) electrons. The molecule has 0 fully saturated rings. The molecule has 4 rings (SSSR count). The Bertz CT molecular complexity index is 1310. The van der Waals surface area contributed by atoms with Crippen molar-refractivity contribution in [2.45, 2.75) is 12.0 Å². The molecule has 3 aromatic carbocycles. The van der Waals surface area contributed by atoms with Crippen LogP contribution < -0.4 is 29.0 Å². The zero-order chi connectivity index (χ0) is 26.7. The van der Waals surface area contributed by atoms with Crippen molar-refractivity contribution in [2.24, 2.45) is 0 Å². The smallest absolute Gasteiger partial charge is 0.254 e. The fraction of sp³-hybridized carbons (Fsp3) is 0.286. The van der Waals surface area contributed by atoms with Crippen LogP contribution in [0.1, 0.15) is 33.4 Å². The first-order valence-corrected chi connectivity index (χ1v) is 11.6. The molecule has 1 N–H and O–H groups in total. The number of nitrogens with one attached hydrogen (secondary N) is 1. The summed E-state index contributed by atoms with van der Waals surface area (Å²) in [7, 11) is 9.35. The van der Waals surface area contributed by atoms with Crippen molar-refractivity contribution in [1.82, 2.24) is 4.90 Å². The van der Waals surface area contributed by atoms with Crippen LogP contribution in [0.4, 0.5) is 5.69 Å². The first-order valence-electron chi connectivity index (χ1n) is 11.6. The number of hydrogen-bond acceptors (Lipinski definition) is 7. The molecule has 1 aliphatic rings. The highest BCUT2D eigenvalue weighted by Gasteiger charge is 2.43. The maximum absolute atomic E-state index is 14.1.